The number of methoxy groups -OCH3 is 1. The highest BCUT2D eigenvalue weighted by Gasteiger charge is 2.23. The first-order valence-electron chi connectivity index (χ1n) is 11.5. The van der Waals surface area contributed by atoms with E-state index in [9.17, 15) is 14.7 Å². The van der Waals surface area contributed by atoms with Crippen LogP contribution >= 0.6 is 0 Å². The minimum atomic E-state index is -1.17. The van der Waals surface area contributed by atoms with Crippen LogP contribution in [0.3, 0.4) is 0 Å². The SMILES string of the molecule is COc1cc(C(Nc2ccc(-c3noc(C)n3)cc2)c2nn(-c3ccccc3C(=O)O)c(=O)[nH]2)cc(C)n1. The minimum absolute atomic E-state index is 0.0501. The van der Waals surface area contributed by atoms with Gasteiger partial charge in [-0.25, -0.2) is 14.6 Å². The Morgan fingerprint density at radius 1 is 1.11 bits per heavy atom. The average molecular weight is 514 g/mol. The summed E-state index contributed by atoms with van der Waals surface area (Å²) in [4.78, 5) is 36.1. The lowest BCUT2D eigenvalue weighted by Gasteiger charge is -2.19. The van der Waals surface area contributed by atoms with Gasteiger partial charge in [0, 0.05) is 29.9 Å². The van der Waals surface area contributed by atoms with Crippen LogP contribution in [0, 0.1) is 13.8 Å². The molecule has 0 fully saturated rings. The van der Waals surface area contributed by atoms with Gasteiger partial charge in [-0.15, -0.1) is 5.10 Å². The molecule has 0 bridgehead atoms. The topological polar surface area (TPSA) is 161 Å². The van der Waals surface area contributed by atoms with Gasteiger partial charge in [0.15, 0.2) is 5.82 Å². The average Bonchev–Trinajstić information content (AvgIpc) is 3.52. The van der Waals surface area contributed by atoms with Crippen molar-refractivity contribution in [2.75, 3.05) is 12.4 Å². The van der Waals surface area contributed by atoms with Crippen LogP contribution in [0.25, 0.3) is 17.1 Å². The fourth-order valence-electron chi connectivity index (χ4n) is 4.02. The zero-order chi connectivity index (χ0) is 26.8. The number of aromatic amines is 1. The number of hydrogen-bond acceptors (Lipinski definition) is 9. The van der Waals surface area contributed by atoms with Gasteiger partial charge in [-0.2, -0.15) is 9.67 Å². The Hall–Kier alpha value is -5.26. The van der Waals surface area contributed by atoms with Crippen molar-refractivity contribution in [3.05, 3.63) is 99.7 Å². The first-order valence-corrected chi connectivity index (χ1v) is 11.5. The Morgan fingerprint density at radius 3 is 2.55 bits per heavy atom. The number of nitrogens with zero attached hydrogens (tertiary/aromatic N) is 5. The van der Waals surface area contributed by atoms with E-state index in [-0.39, 0.29) is 17.1 Å². The zero-order valence-electron chi connectivity index (χ0n) is 20.7. The van der Waals surface area contributed by atoms with Gasteiger partial charge in [0.25, 0.3) is 0 Å². The molecule has 12 nitrogen and oxygen atoms in total. The number of carboxylic acid groups (broad SMARTS) is 1. The van der Waals surface area contributed by atoms with E-state index in [0.29, 0.717) is 29.0 Å². The van der Waals surface area contributed by atoms with Crippen molar-refractivity contribution in [3.63, 3.8) is 0 Å². The van der Waals surface area contributed by atoms with Crippen molar-refractivity contribution in [2.45, 2.75) is 19.9 Å². The molecule has 3 heterocycles. The number of carbonyl (C=O) groups is 1. The highest BCUT2D eigenvalue weighted by molar-refractivity contribution is 5.91. The number of pyridine rings is 1. The van der Waals surface area contributed by atoms with Crippen molar-refractivity contribution >= 4 is 11.7 Å². The molecule has 0 aliphatic heterocycles. The van der Waals surface area contributed by atoms with Gasteiger partial charge < -0.3 is 19.7 Å². The third-order valence-electron chi connectivity index (χ3n) is 5.75. The molecule has 5 rings (SSSR count). The Balaban J connectivity index is 1.57. The molecule has 3 aromatic heterocycles. The van der Waals surface area contributed by atoms with E-state index in [1.807, 2.05) is 37.3 Å². The van der Waals surface area contributed by atoms with E-state index in [0.717, 1.165) is 15.8 Å². The van der Waals surface area contributed by atoms with Crippen molar-refractivity contribution in [2.24, 2.45) is 0 Å². The second-order valence-electron chi connectivity index (χ2n) is 8.43. The molecule has 12 heteroatoms. The van der Waals surface area contributed by atoms with Gasteiger partial charge in [0.05, 0.1) is 18.4 Å². The number of benzene rings is 2. The van der Waals surface area contributed by atoms with Crippen LogP contribution in [0.15, 0.2) is 70.0 Å². The van der Waals surface area contributed by atoms with Crippen molar-refractivity contribution in [3.8, 4) is 23.0 Å². The molecule has 0 saturated heterocycles. The van der Waals surface area contributed by atoms with E-state index in [2.05, 4.69) is 30.5 Å². The summed E-state index contributed by atoms with van der Waals surface area (Å²) in [5.41, 5.74) is 2.43. The predicted octanol–water partition coefficient (Wildman–Crippen LogP) is 3.53. The molecular weight excluding hydrogens is 490 g/mol. The van der Waals surface area contributed by atoms with Crippen LogP contribution in [-0.2, 0) is 0 Å². The number of para-hydroxylation sites is 1. The number of aryl methyl sites for hydroxylation is 2. The van der Waals surface area contributed by atoms with Gasteiger partial charge in [-0.05, 0) is 55.0 Å². The molecule has 3 N–H and O–H groups in total. The van der Waals surface area contributed by atoms with E-state index in [1.165, 1.54) is 19.2 Å². The molecule has 0 amide bonds. The highest BCUT2D eigenvalue weighted by atomic mass is 16.5. The summed E-state index contributed by atoms with van der Waals surface area (Å²) >= 11 is 0. The maximum absolute atomic E-state index is 13.0. The lowest BCUT2D eigenvalue weighted by atomic mass is 10.1. The minimum Gasteiger partial charge on any atom is -0.481 e. The molecule has 192 valence electrons. The number of aromatic nitrogens is 6. The van der Waals surface area contributed by atoms with Crippen molar-refractivity contribution in [1.82, 2.24) is 29.9 Å². The van der Waals surface area contributed by atoms with E-state index >= 15 is 0 Å². The molecule has 1 atom stereocenters. The summed E-state index contributed by atoms with van der Waals surface area (Å²) in [6, 6.07) is 16.5. The largest absolute Gasteiger partial charge is 0.481 e. The van der Waals surface area contributed by atoms with Crippen LogP contribution in [0.2, 0.25) is 0 Å². The van der Waals surface area contributed by atoms with Gasteiger partial charge >= 0.3 is 11.7 Å². The smallest absolute Gasteiger partial charge is 0.348 e. The van der Waals surface area contributed by atoms with Gasteiger partial charge in [-0.3, -0.25) is 4.98 Å². The maximum Gasteiger partial charge on any atom is 0.348 e. The van der Waals surface area contributed by atoms with E-state index in [1.54, 1.807) is 25.1 Å². The monoisotopic (exact) mass is 513 g/mol. The second-order valence-corrected chi connectivity index (χ2v) is 8.43. The molecule has 0 spiro atoms. The summed E-state index contributed by atoms with van der Waals surface area (Å²) in [7, 11) is 1.52. The number of aromatic carboxylic acids is 1. The van der Waals surface area contributed by atoms with Crippen molar-refractivity contribution < 1.29 is 19.2 Å². The molecule has 0 saturated carbocycles. The molecule has 0 aliphatic carbocycles. The number of nitrogens with one attached hydrogen (secondary N) is 2. The molecular formula is C26H23N7O5. The fraction of sp³-hybridized carbons (Fsp3) is 0.154. The lowest BCUT2D eigenvalue weighted by molar-refractivity contribution is 0.0696. The van der Waals surface area contributed by atoms with Crippen LogP contribution in [0.5, 0.6) is 5.88 Å². The van der Waals surface area contributed by atoms with Crippen LogP contribution in [0.1, 0.15) is 39.4 Å². The van der Waals surface area contributed by atoms with Crippen LogP contribution in [-0.4, -0.2) is 48.1 Å². The third-order valence-corrected chi connectivity index (χ3v) is 5.75. The fourth-order valence-corrected chi connectivity index (χ4v) is 4.02. The quantitative estimate of drug-likeness (QED) is 0.280. The predicted molar refractivity (Wildman–Crippen MR) is 137 cm³/mol. The van der Waals surface area contributed by atoms with Crippen molar-refractivity contribution in [1.29, 1.82) is 0 Å². The van der Waals surface area contributed by atoms with E-state index < -0.39 is 17.7 Å². The van der Waals surface area contributed by atoms with Crippen LogP contribution < -0.4 is 15.7 Å². The molecule has 0 aliphatic rings. The number of carboxylic acids is 1. The number of ether oxygens (including phenoxy) is 1. The number of anilines is 1. The highest BCUT2D eigenvalue weighted by Crippen LogP contribution is 2.28. The molecule has 1 unspecified atom stereocenters. The van der Waals surface area contributed by atoms with Crippen LogP contribution in [0.4, 0.5) is 5.69 Å². The molecule has 5 aromatic rings. The summed E-state index contributed by atoms with van der Waals surface area (Å²) in [5.74, 6) is 0.431. The molecule has 0 radical (unpaired) electrons. The Morgan fingerprint density at radius 2 is 1.87 bits per heavy atom. The summed E-state index contributed by atoms with van der Waals surface area (Å²) < 4.78 is 11.5. The first kappa shape index (κ1) is 24.4. The van der Waals surface area contributed by atoms with Gasteiger partial charge in [0.2, 0.25) is 17.6 Å². The summed E-state index contributed by atoms with van der Waals surface area (Å²) in [6.45, 7) is 3.55. The second kappa shape index (κ2) is 10.0. The Labute approximate surface area is 215 Å². The standard InChI is InChI=1S/C26H23N7O5/c1-14-12-17(13-21(27-14)37-3)22(29-18-10-8-16(9-11-18)23-28-15(2)38-32-23)24-30-26(36)33(31-24)20-7-5-4-6-19(20)25(34)35/h4-13,22,29H,1-3H3,(H,34,35)(H,30,31,36). The molecule has 38 heavy (non-hydrogen) atoms. The van der Waals surface area contributed by atoms with Gasteiger partial charge in [-0.1, -0.05) is 17.3 Å². The molecule has 2 aromatic carbocycles. The number of hydrogen-bond donors (Lipinski definition) is 3. The maximum atomic E-state index is 13.0. The summed E-state index contributed by atoms with van der Waals surface area (Å²) in [6.07, 6.45) is 0. The Bertz CT molecular complexity index is 1670. The number of H-pyrrole nitrogens is 1. The number of rotatable bonds is 8. The lowest BCUT2D eigenvalue weighted by Crippen LogP contribution is -2.18. The summed E-state index contributed by atoms with van der Waals surface area (Å²) in [5, 5.41) is 21.4. The Kier molecular flexibility index (Phi) is 6.44. The third kappa shape index (κ3) is 4.87. The van der Waals surface area contributed by atoms with E-state index in [4.69, 9.17) is 9.26 Å². The zero-order valence-corrected chi connectivity index (χ0v) is 20.7. The first-order chi connectivity index (χ1) is 18.3. The normalized spacial score (nSPS) is 11.8. The van der Waals surface area contributed by atoms with Gasteiger partial charge in [0.1, 0.15) is 6.04 Å².